The van der Waals surface area contributed by atoms with Gasteiger partial charge in [0.25, 0.3) is 5.91 Å². The molecule has 0 unspecified atom stereocenters. The van der Waals surface area contributed by atoms with E-state index in [1.807, 2.05) is 32.0 Å². The minimum absolute atomic E-state index is 0.350. The lowest BCUT2D eigenvalue weighted by Gasteiger charge is -2.21. The quantitative estimate of drug-likeness (QED) is 0.653. The zero-order valence-corrected chi connectivity index (χ0v) is 12.5. The Morgan fingerprint density at radius 1 is 1.41 bits per heavy atom. The number of alkyl halides is 1. The fourth-order valence-corrected chi connectivity index (χ4v) is 2.43. The highest BCUT2D eigenvalue weighted by molar-refractivity contribution is 14.1. The summed E-state index contributed by atoms with van der Waals surface area (Å²) in [4.78, 5) is 11.9. The second kappa shape index (κ2) is 5.82. The average Bonchev–Trinajstić information content (AvgIpc) is 2.23. The molecule has 1 rings (SSSR count). The van der Waals surface area contributed by atoms with Crippen LogP contribution in [0.25, 0.3) is 0 Å². The highest BCUT2D eigenvalue weighted by Gasteiger charge is 2.29. The SMILES string of the molecule is Cc1ccc(NC(=O)[C@@](C)(O)CC[123I])cc1C. The molecule has 0 aliphatic heterocycles. The van der Waals surface area contributed by atoms with Crippen LogP contribution in [-0.4, -0.2) is 21.0 Å². The second-order valence-corrected chi connectivity index (χ2v) is 5.54. The maximum absolute atomic E-state index is 11.9. The number of aliphatic hydroxyl groups is 1. The molecule has 94 valence electrons. The summed E-state index contributed by atoms with van der Waals surface area (Å²) in [6.45, 7) is 5.56. The summed E-state index contributed by atoms with van der Waals surface area (Å²) in [5, 5.41) is 12.7. The van der Waals surface area contributed by atoms with Crippen molar-refractivity contribution in [2.75, 3.05) is 9.74 Å². The van der Waals surface area contributed by atoms with E-state index in [0.29, 0.717) is 6.42 Å². The standard InChI is InChI=1S/C13H18INO2/c1-9-4-5-11(8-10(9)2)15-12(16)13(3,17)6-7-14/h4-5,8,17H,6-7H2,1-3H3,(H,15,16)/t13-/m0/s1/i14-4. The van der Waals surface area contributed by atoms with E-state index >= 15 is 0 Å². The van der Waals surface area contributed by atoms with E-state index < -0.39 is 5.60 Å². The van der Waals surface area contributed by atoms with Gasteiger partial charge in [0.15, 0.2) is 0 Å². The molecule has 0 saturated heterocycles. The zero-order chi connectivity index (χ0) is 13.1. The van der Waals surface area contributed by atoms with Crippen molar-refractivity contribution in [3.05, 3.63) is 29.3 Å². The first-order valence-electron chi connectivity index (χ1n) is 5.54. The van der Waals surface area contributed by atoms with E-state index in [1.54, 1.807) is 6.92 Å². The van der Waals surface area contributed by atoms with Crippen molar-refractivity contribution in [2.45, 2.75) is 32.8 Å². The van der Waals surface area contributed by atoms with E-state index in [0.717, 1.165) is 15.7 Å². The zero-order valence-electron chi connectivity index (χ0n) is 10.4. The largest absolute Gasteiger partial charge is 0.380 e. The van der Waals surface area contributed by atoms with Crippen LogP contribution < -0.4 is 5.32 Å². The Balaban J connectivity index is 2.77. The minimum Gasteiger partial charge on any atom is -0.380 e. The van der Waals surface area contributed by atoms with Crippen LogP contribution in [0.4, 0.5) is 5.69 Å². The Bertz CT molecular complexity index is 416. The minimum atomic E-state index is -1.31. The molecule has 1 aromatic carbocycles. The van der Waals surface area contributed by atoms with E-state index in [9.17, 15) is 9.90 Å². The monoisotopic (exact) mass is 343 g/mol. The van der Waals surface area contributed by atoms with Gasteiger partial charge in [-0.3, -0.25) is 4.79 Å². The lowest BCUT2D eigenvalue weighted by atomic mass is 10.0. The number of benzene rings is 1. The number of rotatable bonds is 4. The van der Waals surface area contributed by atoms with Crippen molar-refractivity contribution in [3.63, 3.8) is 0 Å². The number of anilines is 1. The van der Waals surface area contributed by atoms with Gasteiger partial charge in [-0.2, -0.15) is 0 Å². The van der Waals surface area contributed by atoms with Crippen LogP contribution in [0.3, 0.4) is 0 Å². The van der Waals surface area contributed by atoms with Gasteiger partial charge in [0.05, 0.1) is 0 Å². The molecule has 0 radical (unpaired) electrons. The molecule has 0 heterocycles. The van der Waals surface area contributed by atoms with E-state index in [4.69, 9.17) is 0 Å². The normalized spacial score (nSPS) is 14.2. The number of carbonyl (C=O) groups is 1. The number of halogens is 1. The van der Waals surface area contributed by atoms with Crippen LogP contribution in [-0.2, 0) is 4.79 Å². The average molecular weight is 343 g/mol. The molecule has 1 amide bonds. The third-order valence-corrected chi connectivity index (χ3v) is 3.37. The Hall–Kier alpha value is -0.620. The highest BCUT2D eigenvalue weighted by atomic mass is 123. The maximum Gasteiger partial charge on any atom is 0.256 e. The summed E-state index contributed by atoms with van der Waals surface area (Å²) >= 11 is 2.15. The molecule has 0 bridgehead atoms. The van der Waals surface area contributed by atoms with Gasteiger partial charge in [0.2, 0.25) is 0 Å². The van der Waals surface area contributed by atoms with E-state index in [2.05, 4.69) is 27.9 Å². The van der Waals surface area contributed by atoms with Gasteiger partial charge < -0.3 is 10.4 Å². The molecule has 1 atom stereocenters. The Labute approximate surface area is 116 Å². The summed E-state index contributed by atoms with van der Waals surface area (Å²) in [5.41, 5.74) is 1.73. The fourth-order valence-electron chi connectivity index (χ4n) is 1.38. The van der Waals surface area contributed by atoms with Crippen LogP contribution in [0, 0.1) is 13.8 Å². The number of hydrogen-bond donors (Lipinski definition) is 2. The van der Waals surface area contributed by atoms with Crippen molar-refractivity contribution < 1.29 is 9.90 Å². The summed E-state index contributed by atoms with van der Waals surface area (Å²) in [5.74, 6) is -0.350. The number of aryl methyl sites for hydroxylation is 2. The molecular formula is C13H18INO2. The van der Waals surface area contributed by atoms with Crippen LogP contribution in [0.2, 0.25) is 0 Å². The van der Waals surface area contributed by atoms with Gasteiger partial charge in [0, 0.05) is 10.1 Å². The maximum atomic E-state index is 11.9. The number of nitrogens with one attached hydrogen (secondary N) is 1. The third kappa shape index (κ3) is 3.96. The molecule has 4 heteroatoms. The Morgan fingerprint density at radius 3 is 2.59 bits per heavy atom. The van der Waals surface area contributed by atoms with E-state index in [-0.39, 0.29) is 5.91 Å². The molecule has 0 aliphatic rings. The molecule has 17 heavy (non-hydrogen) atoms. The first-order valence-corrected chi connectivity index (χ1v) is 7.06. The van der Waals surface area contributed by atoms with Crippen LogP contribution >= 0.6 is 22.6 Å². The van der Waals surface area contributed by atoms with Crippen molar-refractivity contribution >= 4 is 34.2 Å². The molecule has 1 aromatic rings. The lowest BCUT2D eigenvalue weighted by molar-refractivity contribution is -0.132. The van der Waals surface area contributed by atoms with Crippen molar-refractivity contribution in [1.29, 1.82) is 0 Å². The van der Waals surface area contributed by atoms with E-state index in [1.165, 1.54) is 5.56 Å². The van der Waals surface area contributed by atoms with Crippen molar-refractivity contribution in [3.8, 4) is 0 Å². The first-order chi connectivity index (χ1) is 7.86. The summed E-state index contributed by atoms with van der Waals surface area (Å²) in [6, 6.07) is 5.71. The molecule has 0 aliphatic carbocycles. The third-order valence-electron chi connectivity index (χ3n) is 2.84. The number of amides is 1. The van der Waals surface area contributed by atoms with Crippen LogP contribution in [0.1, 0.15) is 24.5 Å². The molecule has 0 fully saturated rings. The van der Waals surface area contributed by atoms with Crippen molar-refractivity contribution in [1.82, 2.24) is 0 Å². The predicted octanol–water partition coefficient (Wildman–Crippen LogP) is 2.82. The van der Waals surface area contributed by atoms with Crippen molar-refractivity contribution in [2.24, 2.45) is 0 Å². The molecule has 0 saturated carbocycles. The lowest BCUT2D eigenvalue weighted by Crippen LogP contribution is -2.40. The van der Waals surface area contributed by atoms with Gasteiger partial charge in [-0.15, -0.1) is 0 Å². The Kier molecular flexibility index (Phi) is 4.94. The van der Waals surface area contributed by atoms with Crippen LogP contribution in [0.5, 0.6) is 0 Å². The van der Waals surface area contributed by atoms with Gasteiger partial charge in [-0.1, -0.05) is 28.7 Å². The molecule has 0 spiro atoms. The topological polar surface area (TPSA) is 49.3 Å². The number of hydrogen-bond acceptors (Lipinski definition) is 2. The van der Waals surface area contributed by atoms with Gasteiger partial charge in [0.1, 0.15) is 5.60 Å². The molecule has 0 aromatic heterocycles. The summed E-state index contributed by atoms with van der Waals surface area (Å²) in [7, 11) is 0. The van der Waals surface area contributed by atoms with Gasteiger partial charge in [-0.25, -0.2) is 0 Å². The summed E-state index contributed by atoms with van der Waals surface area (Å²) < 4.78 is 0.741. The first kappa shape index (κ1) is 14.4. The van der Waals surface area contributed by atoms with Gasteiger partial charge in [-0.05, 0) is 50.5 Å². The molecular weight excluding hydrogens is 325 g/mol. The summed E-state index contributed by atoms with van der Waals surface area (Å²) in [6.07, 6.45) is 0.449. The fraction of sp³-hybridized carbons (Fsp3) is 0.462. The highest BCUT2D eigenvalue weighted by Crippen LogP contribution is 2.18. The number of carbonyl (C=O) groups excluding carboxylic acids is 1. The molecule has 3 nitrogen and oxygen atoms in total. The van der Waals surface area contributed by atoms with Gasteiger partial charge >= 0.3 is 0 Å². The smallest absolute Gasteiger partial charge is 0.256 e. The predicted molar refractivity (Wildman–Crippen MR) is 78.7 cm³/mol. The van der Waals surface area contributed by atoms with Crippen LogP contribution in [0.15, 0.2) is 18.2 Å². The molecule has 2 N–H and O–H groups in total. The second-order valence-electron chi connectivity index (χ2n) is 4.47. The Morgan fingerprint density at radius 2 is 2.06 bits per heavy atom.